The molecule has 108 valence electrons. The number of carbonyl (C=O) groups is 2. The van der Waals surface area contributed by atoms with Crippen molar-refractivity contribution in [2.75, 3.05) is 11.4 Å². The van der Waals surface area contributed by atoms with Gasteiger partial charge in [-0.25, -0.2) is 9.97 Å². The van der Waals surface area contributed by atoms with E-state index in [4.69, 9.17) is 11.6 Å². The van der Waals surface area contributed by atoms with Crippen molar-refractivity contribution in [1.29, 1.82) is 0 Å². The highest BCUT2D eigenvalue weighted by atomic mass is 35.5. The Morgan fingerprint density at radius 2 is 2.15 bits per heavy atom. The second-order valence-corrected chi connectivity index (χ2v) is 5.41. The Labute approximate surface area is 122 Å². The van der Waals surface area contributed by atoms with E-state index in [2.05, 4.69) is 15.3 Å². The van der Waals surface area contributed by atoms with Gasteiger partial charge in [0.25, 0.3) is 0 Å². The standard InChI is InChI=1S/C13H17ClN4O2/c1-4-8-13(20)17-11(19)6-18(8)10-5-9(14)15-12(16-10)7(2)3/h5,7-8H,4,6H2,1-3H3,(H,17,19,20). The monoisotopic (exact) mass is 296 g/mol. The number of rotatable bonds is 3. The number of amides is 2. The van der Waals surface area contributed by atoms with Gasteiger partial charge in [0.2, 0.25) is 11.8 Å². The SMILES string of the molecule is CCC1C(=O)NC(=O)CN1c1cc(Cl)nc(C(C)C)n1. The molecule has 1 saturated heterocycles. The van der Waals surface area contributed by atoms with Crippen LogP contribution in [0.3, 0.4) is 0 Å². The van der Waals surface area contributed by atoms with E-state index in [9.17, 15) is 9.59 Å². The Kier molecular flexibility index (Phi) is 4.23. The molecule has 1 unspecified atom stereocenters. The van der Waals surface area contributed by atoms with Crippen LogP contribution in [0.1, 0.15) is 38.9 Å². The second-order valence-electron chi connectivity index (χ2n) is 5.03. The molecule has 1 aliphatic heterocycles. The lowest BCUT2D eigenvalue weighted by atomic mass is 10.1. The fraction of sp³-hybridized carbons (Fsp3) is 0.538. The lowest BCUT2D eigenvalue weighted by Gasteiger charge is -2.34. The average Bonchev–Trinajstić information content (AvgIpc) is 2.37. The van der Waals surface area contributed by atoms with Gasteiger partial charge in [-0.1, -0.05) is 32.4 Å². The molecule has 2 rings (SSSR count). The summed E-state index contributed by atoms with van der Waals surface area (Å²) in [6, 6.07) is 1.17. The number of hydrogen-bond donors (Lipinski definition) is 1. The highest BCUT2D eigenvalue weighted by Crippen LogP contribution is 2.23. The van der Waals surface area contributed by atoms with Gasteiger partial charge >= 0.3 is 0 Å². The van der Waals surface area contributed by atoms with Crippen LogP contribution in [0, 0.1) is 0 Å². The van der Waals surface area contributed by atoms with Gasteiger partial charge < -0.3 is 4.90 Å². The topological polar surface area (TPSA) is 75.2 Å². The Bertz CT molecular complexity index is 547. The molecule has 0 radical (unpaired) electrons. The zero-order valence-electron chi connectivity index (χ0n) is 11.7. The Morgan fingerprint density at radius 3 is 2.75 bits per heavy atom. The molecule has 0 spiro atoms. The van der Waals surface area contributed by atoms with E-state index < -0.39 is 6.04 Å². The van der Waals surface area contributed by atoms with Gasteiger partial charge in [0, 0.05) is 12.0 Å². The molecule has 1 aromatic heterocycles. The largest absolute Gasteiger partial charge is 0.335 e. The third-order valence-corrected chi connectivity index (χ3v) is 3.35. The second kappa shape index (κ2) is 5.75. The smallest absolute Gasteiger partial charge is 0.249 e. The number of nitrogens with zero attached hydrogens (tertiary/aromatic N) is 3. The maximum absolute atomic E-state index is 11.9. The molecule has 0 aliphatic carbocycles. The van der Waals surface area contributed by atoms with Crippen molar-refractivity contribution in [1.82, 2.24) is 15.3 Å². The first-order valence-electron chi connectivity index (χ1n) is 6.57. The predicted octanol–water partition coefficient (Wildman–Crippen LogP) is 1.49. The number of halogens is 1. The van der Waals surface area contributed by atoms with Crippen LogP contribution in [-0.2, 0) is 9.59 Å². The van der Waals surface area contributed by atoms with E-state index in [1.165, 1.54) is 0 Å². The number of aromatic nitrogens is 2. The van der Waals surface area contributed by atoms with Crippen molar-refractivity contribution in [3.63, 3.8) is 0 Å². The minimum Gasteiger partial charge on any atom is -0.335 e. The number of nitrogens with one attached hydrogen (secondary N) is 1. The predicted molar refractivity (Wildman–Crippen MR) is 75.7 cm³/mol. The van der Waals surface area contributed by atoms with Crippen LogP contribution in [0.5, 0.6) is 0 Å². The summed E-state index contributed by atoms with van der Waals surface area (Å²) >= 11 is 6.01. The molecule has 0 saturated carbocycles. The highest BCUT2D eigenvalue weighted by molar-refractivity contribution is 6.29. The van der Waals surface area contributed by atoms with Crippen LogP contribution in [0.25, 0.3) is 0 Å². The van der Waals surface area contributed by atoms with Gasteiger partial charge in [-0.2, -0.15) is 0 Å². The summed E-state index contributed by atoms with van der Waals surface area (Å²) in [6.07, 6.45) is 0.581. The molecule has 2 amide bonds. The van der Waals surface area contributed by atoms with E-state index in [0.29, 0.717) is 23.2 Å². The van der Waals surface area contributed by atoms with Crippen molar-refractivity contribution in [3.05, 3.63) is 17.0 Å². The molecule has 1 fully saturated rings. The molecule has 0 bridgehead atoms. The zero-order chi connectivity index (χ0) is 14.9. The molecule has 7 heteroatoms. The summed E-state index contributed by atoms with van der Waals surface area (Å²) in [5, 5.41) is 2.65. The van der Waals surface area contributed by atoms with Crippen molar-refractivity contribution >= 4 is 29.2 Å². The van der Waals surface area contributed by atoms with Gasteiger partial charge in [-0.15, -0.1) is 0 Å². The molecule has 20 heavy (non-hydrogen) atoms. The van der Waals surface area contributed by atoms with Crippen molar-refractivity contribution in [2.24, 2.45) is 0 Å². The van der Waals surface area contributed by atoms with Crippen LogP contribution in [-0.4, -0.2) is 34.4 Å². The van der Waals surface area contributed by atoms with E-state index in [-0.39, 0.29) is 24.3 Å². The minimum atomic E-state index is -0.418. The van der Waals surface area contributed by atoms with Gasteiger partial charge in [0.15, 0.2) is 0 Å². The van der Waals surface area contributed by atoms with Crippen molar-refractivity contribution in [2.45, 2.75) is 39.2 Å². The third-order valence-electron chi connectivity index (χ3n) is 3.15. The molecule has 2 heterocycles. The summed E-state index contributed by atoms with van der Waals surface area (Å²) in [4.78, 5) is 33.7. The van der Waals surface area contributed by atoms with Gasteiger partial charge in [0.1, 0.15) is 22.8 Å². The maximum Gasteiger partial charge on any atom is 0.249 e. The Morgan fingerprint density at radius 1 is 1.45 bits per heavy atom. The van der Waals surface area contributed by atoms with Crippen LogP contribution in [0.4, 0.5) is 5.82 Å². The van der Waals surface area contributed by atoms with Crippen LogP contribution < -0.4 is 10.2 Å². The quantitative estimate of drug-likeness (QED) is 0.676. The summed E-state index contributed by atoms with van der Waals surface area (Å²) in [5.41, 5.74) is 0. The highest BCUT2D eigenvalue weighted by Gasteiger charge is 2.33. The molecular weight excluding hydrogens is 280 g/mol. The lowest BCUT2D eigenvalue weighted by molar-refractivity contribution is -0.132. The van der Waals surface area contributed by atoms with E-state index in [1.54, 1.807) is 11.0 Å². The van der Waals surface area contributed by atoms with Gasteiger partial charge in [0.05, 0.1) is 6.54 Å². The molecule has 1 aliphatic rings. The average molecular weight is 297 g/mol. The van der Waals surface area contributed by atoms with Crippen LogP contribution in [0.15, 0.2) is 6.07 Å². The molecule has 1 N–H and O–H groups in total. The van der Waals surface area contributed by atoms with Gasteiger partial charge in [-0.3, -0.25) is 14.9 Å². The summed E-state index contributed by atoms with van der Waals surface area (Å²) < 4.78 is 0. The molecule has 6 nitrogen and oxygen atoms in total. The summed E-state index contributed by atoms with van der Waals surface area (Å²) in [6.45, 7) is 5.90. The van der Waals surface area contributed by atoms with Crippen molar-refractivity contribution < 1.29 is 9.59 Å². The maximum atomic E-state index is 11.9. The molecular formula is C13H17ClN4O2. The van der Waals surface area contributed by atoms with E-state index in [1.807, 2.05) is 20.8 Å². The number of imide groups is 1. The first-order valence-corrected chi connectivity index (χ1v) is 6.95. The number of hydrogen-bond acceptors (Lipinski definition) is 5. The summed E-state index contributed by atoms with van der Waals surface area (Å²) in [7, 11) is 0. The van der Waals surface area contributed by atoms with Crippen molar-refractivity contribution in [3.8, 4) is 0 Å². The number of piperazine rings is 1. The number of anilines is 1. The molecule has 1 aromatic rings. The third kappa shape index (κ3) is 2.90. The van der Waals surface area contributed by atoms with Crippen LogP contribution in [0.2, 0.25) is 5.15 Å². The zero-order valence-corrected chi connectivity index (χ0v) is 12.4. The Hall–Kier alpha value is -1.69. The molecule has 1 atom stereocenters. The first-order chi connectivity index (χ1) is 9.42. The van der Waals surface area contributed by atoms with Crippen LogP contribution >= 0.6 is 11.6 Å². The minimum absolute atomic E-state index is 0.0924. The molecule has 0 aromatic carbocycles. The fourth-order valence-corrected chi connectivity index (χ4v) is 2.33. The first kappa shape index (κ1) is 14.7. The normalized spacial score (nSPS) is 19.4. The summed E-state index contributed by atoms with van der Waals surface area (Å²) in [5.74, 6) is 0.594. The van der Waals surface area contributed by atoms with E-state index in [0.717, 1.165) is 0 Å². The van der Waals surface area contributed by atoms with E-state index >= 15 is 0 Å². The number of carbonyl (C=O) groups excluding carboxylic acids is 2. The van der Waals surface area contributed by atoms with Gasteiger partial charge in [-0.05, 0) is 6.42 Å². The lowest BCUT2D eigenvalue weighted by Crippen LogP contribution is -2.58. The Balaban J connectivity index is 2.42. The fourth-order valence-electron chi connectivity index (χ4n) is 2.14.